The van der Waals surface area contributed by atoms with Gasteiger partial charge in [0, 0.05) is 18.0 Å². The molecule has 0 fully saturated rings. The molecule has 0 aliphatic rings. The highest BCUT2D eigenvalue weighted by molar-refractivity contribution is 7.09. The molecule has 0 aliphatic carbocycles. The van der Waals surface area contributed by atoms with E-state index in [9.17, 15) is 9.90 Å². The summed E-state index contributed by atoms with van der Waals surface area (Å²) in [5.41, 5.74) is 1.36. The first-order valence-corrected chi connectivity index (χ1v) is 6.40. The largest absolute Gasteiger partial charge is 0.508 e. The van der Waals surface area contributed by atoms with E-state index in [0.29, 0.717) is 12.1 Å². The minimum absolute atomic E-state index is 0.0961. The van der Waals surface area contributed by atoms with E-state index in [1.165, 1.54) is 6.07 Å². The molecule has 0 bridgehead atoms. The lowest BCUT2D eigenvalue weighted by Crippen LogP contribution is -2.26. The third-order valence-corrected chi connectivity index (χ3v) is 3.33. The molecule has 5 heteroatoms. The number of amides is 1. The molecule has 0 saturated carbocycles. The molecule has 1 amide bonds. The van der Waals surface area contributed by atoms with Crippen LogP contribution in [0.5, 0.6) is 5.75 Å². The van der Waals surface area contributed by atoms with Gasteiger partial charge in [-0.25, -0.2) is 4.98 Å². The number of carbonyl (C=O) groups is 1. The monoisotopic (exact) mass is 262 g/mol. The van der Waals surface area contributed by atoms with E-state index in [4.69, 9.17) is 0 Å². The van der Waals surface area contributed by atoms with E-state index in [1.54, 1.807) is 41.5 Å². The molecule has 4 nitrogen and oxygen atoms in total. The highest BCUT2D eigenvalue weighted by Crippen LogP contribution is 2.15. The highest BCUT2D eigenvalue weighted by atomic mass is 32.1. The number of aryl methyl sites for hydroxylation is 1. The first kappa shape index (κ1) is 12.6. The van der Waals surface area contributed by atoms with Crippen LogP contribution in [-0.2, 0) is 6.54 Å². The van der Waals surface area contributed by atoms with Crippen molar-refractivity contribution in [3.8, 4) is 5.75 Å². The lowest BCUT2D eigenvalue weighted by atomic mass is 10.2. The number of nitrogens with zero attached hydrogens (tertiary/aromatic N) is 2. The Balaban J connectivity index is 2.09. The molecule has 2 rings (SSSR count). The Morgan fingerprint density at radius 3 is 2.89 bits per heavy atom. The van der Waals surface area contributed by atoms with Crippen LogP contribution in [0.3, 0.4) is 0 Å². The second kappa shape index (κ2) is 5.18. The summed E-state index contributed by atoms with van der Waals surface area (Å²) in [4.78, 5) is 18.0. The summed E-state index contributed by atoms with van der Waals surface area (Å²) in [7, 11) is 1.72. The second-order valence-electron chi connectivity index (χ2n) is 4.07. The molecule has 0 spiro atoms. The number of phenols is 1. The fourth-order valence-corrected chi connectivity index (χ4v) is 2.26. The smallest absolute Gasteiger partial charge is 0.254 e. The lowest BCUT2D eigenvalue weighted by molar-refractivity contribution is 0.0783. The van der Waals surface area contributed by atoms with Crippen LogP contribution in [0.4, 0.5) is 0 Å². The fraction of sp³-hybridized carbons (Fsp3) is 0.231. The standard InChI is InChI=1S/C13H14N2O2S/c1-9-14-11(8-18-9)7-15(2)13(17)10-4-3-5-12(16)6-10/h3-6,8,16H,7H2,1-2H3. The van der Waals surface area contributed by atoms with Gasteiger partial charge in [0.25, 0.3) is 5.91 Å². The Morgan fingerprint density at radius 2 is 2.28 bits per heavy atom. The van der Waals surface area contributed by atoms with Crippen LogP contribution < -0.4 is 0 Å². The van der Waals surface area contributed by atoms with Gasteiger partial charge in [0.15, 0.2) is 0 Å². The Morgan fingerprint density at radius 1 is 1.50 bits per heavy atom. The summed E-state index contributed by atoms with van der Waals surface area (Å²) in [5, 5.41) is 12.3. The summed E-state index contributed by atoms with van der Waals surface area (Å²) in [6.45, 7) is 2.41. The van der Waals surface area contributed by atoms with Crippen LogP contribution in [-0.4, -0.2) is 27.9 Å². The SMILES string of the molecule is Cc1nc(CN(C)C(=O)c2cccc(O)c2)cs1. The predicted molar refractivity (Wildman–Crippen MR) is 70.8 cm³/mol. The number of aromatic hydroxyl groups is 1. The van der Waals surface area contributed by atoms with Gasteiger partial charge in [-0.3, -0.25) is 4.79 Å². The number of benzene rings is 1. The van der Waals surface area contributed by atoms with Gasteiger partial charge in [-0.05, 0) is 25.1 Å². The van der Waals surface area contributed by atoms with Gasteiger partial charge in [0.2, 0.25) is 0 Å². The van der Waals surface area contributed by atoms with Crippen LogP contribution in [0.1, 0.15) is 21.1 Å². The second-order valence-corrected chi connectivity index (χ2v) is 5.13. The van der Waals surface area contributed by atoms with Gasteiger partial charge in [0.1, 0.15) is 5.75 Å². The minimum Gasteiger partial charge on any atom is -0.508 e. The summed E-state index contributed by atoms with van der Waals surface area (Å²) >= 11 is 1.57. The van der Waals surface area contributed by atoms with E-state index in [-0.39, 0.29) is 11.7 Å². The van der Waals surface area contributed by atoms with Crippen molar-refractivity contribution in [2.24, 2.45) is 0 Å². The van der Waals surface area contributed by atoms with E-state index < -0.39 is 0 Å². The number of hydrogen-bond donors (Lipinski definition) is 1. The lowest BCUT2D eigenvalue weighted by Gasteiger charge is -2.15. The van der Waals surface area contributed by atoms with E-state index in [1.807, 2.05) is 12.3 Å². The van der Waals surface area contributed by atoms with E-state index >= 15 is 0 Å². The van der Waals surface area contributed by atoms with Gasteiger partial charge < -0.3 is 10.0 Å². The fourth-order valence-electron chi connectivity index (χ4n) is 1.65. The zero-order chi connectivity index (χ0) is 13.1. The Labute approximate surface area is 110 Å². The maximum absolute atomic E-state index is 12.1. The molecule has 94 valence electrons. The van der Waals surface area contributed by atoms with Crippen molar-refractivity contribution in [1.82, 2.24) is 9.88 Å². The Bertz CT molecular complexity index is 566. The highest BCUT2D eigenvalue weighted by Gasteiger charge is 2.13. The Hall–Kier alpha value is -1.88. The molecule has 0 saturated heterocycles. The van der Waals surface area contributed by atoms with Gasteiger partial charge >= 0.3 is 0 Å². The van der Waals surface area contributed by atoms with Crippen LogP contribution in [0, 0.1) is 6.92 Å². The average Bonchev–Trinajstić information content (AvgIpc) is 2.73. The summed E-state index contributed by atoms with van der Waals surface area (Å²) < 4.78 is 0. The van der Waals surface area contributed by atoms with Crippen molar-refractivity contribution >= 4 is 17.2 Å². The maximum Gasteiger partial charge on any atom is 0.254 e. The number of thiazole rings is 1. The third kappa shape index (κ3) is 2.87. The summed E-state index contributed by atoms with van der Waals surface area (Å²) in [5.74, 6) is -0.0321. The molecule has 1 aromatic heterocycles. The van der Waals surface area contributed by atoms with Crippen LogP contribution in [0.15, 0.2) is 29.6 Å². The minimum atomic E-state index is -0.128. The van der Waals surface area contributed by atoms with Crippen molar-refractivity contribution in [1.29, 1.82) is 0 Å². The molecule has 0 radical (unpaired) electrons. The van der Waals surface area contributed by atoms with Crippen molar-refractivity contribution in [2.45, 2.75) is 13.5 Å². The zero-order valence-corrected chi connectivity index (χ0v) is 11.1. The number of rotatable bonds is 3. The van der Waals surface area contributed by atoms with Gasteiger partial charge in [-0.2, -0.15) is 0 Å². The molecule has 0 atom stereocenters. The maximum atomic E-state index is 12.1. The Kier molecular flexibility index (Phi) is 3.62. The third-order valence-electron chi connectivity index (χ3n) is 2.51. The normalized spacial score (nSPS) is 10.3. The average molecular weight is 262 g/mol. The zero-order valence-electron chi connectivity index (χ0n) is 10.3. The molecule has 1 heterocycles. The number of hydrogen-bond acceptors (Lipinski definition) is 4. The predicted octanol–water partition coefficient (Wildman–Crippen LogP) is 2.43. The first-order chi connectivity index (χ1) is 8.56. The molecule has 18 heavy (non-hydrogen) atoms. The van der Waals surface area contributed by atoms with E-state index in [2.05, 4.69) is 4.98 Å². The molecule has 2 aromatic rings. The van der Waals surface area contributed by atoms with Gasteiger partial charge in [-0.1, -0.05) is 6.07 Å². The van der Waals surface area contributed by atoms with Crippen LogP contribution in [0.2, 0.25) is 0 Å². The van der Waals surface area contributed by atoms with Gasteiger partial charge in [-0.15, -0.1) is 11.3 Å². The van der Waals surface area contributed by atoms with Crippen molar-refractivity contribution in [3.63, 3.8) is 0 Å². The molecular weight excluding hydrogens is 248 g/mol. The first-order valence-electron chi connectivity index (χ1n) is 5.52. The summed E-state index contributed by atoms with van der Waals surface area (Å²) in [6.07, 6.45) is 0. The van der Waals surface area contributed by atoms with E-state index in [0.717, 1.165) is 10.7 Å². The molecule has 0 unspecified atom stereocenters. The molecule has 1 aromatic carbocycles. The number of aromatic nitrogens is 1. The topological polar surface area (TPSA) is 53.4 Å². The van der Waals surface area contributed by atoms with Crippen LogP contribution in [0.25, 0.3) is 0 Å². The number of carbonyl (C=O) groups excluding carboxylic acids is 1. The molecule has 1 N–H and O–H groups in total. The van der Waals surface area contributed by atoms with Gasteiger partial charge in [0.05, 0.1) is 17.2 Å². The molecular formula is C13H14N2O2S. The summed E-state index contributed by atoms with van der Waals surface area (Å²) in [6, 6.07) is 6.35. The quantitative estimate of drug-likeness (QED) is 0.924. The van der Waals surface area contributed by atoms with Crippen molar-refractivity contribution in [3.05, 3.63) is 45.9 Å². The number of phenolic OH excluding ortho intramolecular Hbond substituents is 1. The van der Waals surface area contributed by atoms with Crippen molar-refractivity contribution < 1.29 is 9.90 Å². The van der Waals surface area contributed by atoms with Crippen LogP contribution >= 0.6 is 11.3 Å². The van der Waals surface area contributed by atoms with Crippen molar-refractivity contribution in [2.75, 3.05) is 7.05 Å². The molecule has 0 aliphatic heterocycles.